The van der Waals surface area contributed by atoms with Crippen LogP contribution in [0.15, 0.2) is 47.8 Å². The summed E-state index contributed by atoms with van der Waals surface area (Å²) in [6, 6.07) is 13.9. The summed E-state index contributed by atoms with van der Waals surface area (Å²) in [4.78, 5) is 15.4. The zero-order chi connectivity index (χ0) is 16.8. The lowest BCUT2D eigenvalue weighted by Crippen LogP contribution is -2.42. The first-order valence-corrected chi connectivity index (χ1v) is 8.67. The molecule has 0 saturated carbocycles. The molecule has 0 N–H and O–H groups in total. The Morgan fingerprint density at radius 1 is 1.04 bits per heavy atom. The Balaban J connectivity index is 2.30. The van der Waals surface area contributed by atoms with Crippen LogP contribution in [0.4, 0.5) is 4.79 Å². The first-order chi connectivity index (χ1) is 11.0. The third-order valence-electron chi connectivity index (χ3n) is 3.40. The minimum atomic E-state index is -0.318. The number of ether oxygens (including phenoxy) is 1. The lowest BCUT2D eigenvalue weighted by molar-refractivity contribution is 0.115. The highest BCUT2D eigenvalue weighted by molar-refractivity contribution is 7.10. The van der Waals surface area contributed by atoms with Crippen molar-refractivity contribution >= 4 is 29.3 Å². The molecule has 1 heterocycles. The molecular weight excluding hydrogens is 306 g/mol. The number of thiophene rings is 1. The molecule has 0 radical (unpaired) electrons. The third-order valence-corrected chi connectivity index (χ3v) is 4.21. The summed E-state index contributed by atoms with van der Waals surface area (Å²) in [6.45, 7) is 7.97. The standard InChI is InChI=1S/C19H23NO2S/c1-14(2)20(15(3)4)19(21)22-18(13-17-11-8-12-23-17)16-9-6-5-7-10-16/h5-15H,1-4H3/b18-13+. The molecule has 3 nitrogen and oxygen atoms in total. The van der Waals surface area contributed by atoms with E-state index in [0.717, 1.165) is 10.4 Å². The summed E-state index contributed by atoms with van der Waals surface area (Å²) < 4.78 is 5.75. The maximum Gasteiger partial charge on any atom is 0.415 e. The van der Waals surface area contributed by atoms with E-state index < -0.39 is 0 Å². The fourth-order valence-electron chi connectivity index (χ4n) is 2.44. The quantitative estimate of drug-likeness (QED) is 0.678. The Kier molecular flexibility index (Phi) is 5.99. The van der Waals surface area contributed by atoms with Gasteiger partial charge in [-0.1, -0.05) is 36.4 Å². The predicted octanol–water partition coefficient (Wildman–Crippen LogP) is 5.50. The third kappa shape index (κ3) is 4.70. The Labute approximate surface area is 142 Å². The first kappa shape index (κ1) is 17.3. The van der Waals surface area contributed by atoms with Gasteiger partial charge in [0.2, 0.25) is 0 Å². The Bertz CT molecular complexity index is 637. The van der Waals surface area contributed by atoms with Gasteiger partial charge in [0.15, 0.2) is 0 Å². The largest absolute Gasteiger partial charge is 0.415 e. The predicted molar refractivity (Wildman–Crippen MR) is 97.2 cm³/mol. The molecule has 0 bridgehead atoms. The molecule has 0 fully saturated rings. The first-order valence-electron chi connectivity index (χ1n) is 7.79. The number of benzene rings is 1. The molecule has 0 unspecified atom stereocenters. The molecule has 2 rings (SSSR count). The smallest absolute Gasteiger partial charge is 0.409 e. The van der Waals surface area contributed by atoms with E-state index in [9.17, 15) is 4.79 Å². The Morgan fingerprint density at radius 3 is 2.22 bits per heavy atom. The summed E-state index contributed by atoms with van der Waals surface area (Å²) in [5, 5.41) is 2.00. The van der Waals surface area contributed by atoms with Crippen molar-refractivity contribution in [2.45, 2.75) is 39.8 Å². The highest BCUT2D eigenvalue weighted by atomic mass is 32.1. The fraction of sp³-hybridized carbons (Fsp3) is 0.316. The van der Waals surface area contributed by atoms with E-state index in [1.165, 1.54) is 0 Å². The van der Waals surface area contributed by atoms with Crippen molar-refractivity contribution < 1.29 is 9.53 Å². The van der Waals surface area contributed by atoms with Crippen molar-refractivity contribution in [1.82, 2.24) is 4.90 Å². The molecule has 23 heavy (non-hydrogen) atoms. The van der Waals surface area contributed by atoms with Gasteiger partial charge in [-0.3, -0.25) is 0 Å². The van der Waals surface area contributed by atoms with Crippen molar-refractivity contribution in [3.05, 3.63) is 58.3 Å². The van der Waals surface area contributed by atoms with Gasteiger partial charge in [0.1, 0.15) is 5.76 Å². The minimum absolute atomic E-state index is 0.0845. The normalized spacial score (nSPS) is 11.8. The van der Waals surface area contributed by atoms with Crippen LogP contribution in [0.5, 0.6) is 0 Å². The summed E-state index contributed by atoms with van der Waals surface area (Å²) >= 11 is 1.61. The van der Waals surface area contributed by atoms with Crippen molar-refractivity contribution in [2.24, 2.45) is 0 Å². The summed E-state index contributed by atoms with van der Waals surface area (Å²) in [5.74, 6) is 0.573. The van der Waals surface area contributed by atoms with Crippen LogP contribution in [0, 0.1) is 0 Å². The van der Waals surface area contributed by atoms with Crippen LogP contribution in [0.25, 0.3) is 11.8 Å². The van der Waals surface area contributed by atoms with Crippen molar-refractivity contribution in [3.8, 4) is 0 Å². The minimum Gasteiger partial charge on any atom is -0.409 e. The molecule has 122 valence electrons. The highest BCUT2D eigenvalue weighted by Crippen LogP contribution is 2.23. The van der Waals surface area contributed by atoms with Gasteiger partial charge in [-0.2, -0.15) is 0 Å². The van der Waals surface area contributed by atoms with Gasteiger partial charge in [0.25, 0.3) is 0 Å². The number of amides is 1. The number of hydrogen-bond acceptors (Lipinski definition) is 3. The van der Waals surface area contributed by atoms with Crippen LogP contribution >= 0.6 is 11.3 Å². The molecule has 0 spiro atoms. The van der Waals surface area contributed by atoms with E-state index in [1.807, 2.05) is 81.6 Å². The lowest BCUT2D eigenvalue weighted by Gasteiger charge is -2.30. The number of carbonyl (C=O) groups excluding carboxylic acids is 1. The zero-order valence-electron chi connectivity index (χ0n) is 14.0. The average Bonchev–Trinajstić information content (AvgIpc) is 2.99. The van der Waals surface area contributed by atoms with E-state index in [-0.39, 0.29) is 18.2 Å². The SMILES string of the molecule is CC(C)N(C(=O)O/C(=C/c1cccs1)c1ccccc1)C(C)C. The second-order valence-corrected chi connectivity index (χ2v) is 6.83. The molecule has 0 atom stereocenters. The summed E-state index contributed by atoms with van der Waals surface area (Å²) in [6.07, 6.45) is 1.60. The van der Waals surface area contributed by atoms with Crippen LogP contribution in [-0.2, 0) is 4.74 Å². The zero-order valence-corrected chi connectivity index (χ0v) is 14.8. The molecule has 1 aromatic heterocycles. The van der Waals surface area contributed by atoms with Crippen molar-refractivity contribution in [2.75, 3.05) is 0 Å². The summed E-state index contributed by atoms with van der Waals surface area (Å²) in [5.41, 5.74) is 0.890. The molecule has 0 aliphatic carbocycles. The van der Waals surface area contributed by atoms with E-state index in [2.05, 4.69) is 0 Å². The maximum absolute atomic E-state index is 12.6. The molecule has 1 amide bonds. The van der Waals surface area contributed by atoms with Gasteiger partial charge in [-0.15, -0.1) is 11.3 Å². The van der Waals surface area contributed by atoms with E-state index >= 15 is 0 Å². The Morgan fingerprint density at radius 2 is 1.70 bits per heavy atom. The molecular formula is C19H23NO2S. The molecule has 0 saturated heterocycles. The van der Waals surface area contributed by atoms with Gasteiger partial charge >= 0.3 is 6.09 Å². The van der Waals surface area contributed by atoms with Gasteiger partial charge in [0, 0.05) is 22.5 Å². The Hall–Kier alpha value is -2.07. The number of nitrogens with zero attached hydrogens (tertiary/aromatic N) is 1. The lowest BCUT2D eigenvalue weighted by atomic mass is 10.1. The molecule has 2 aromatic rings. The number of rotatable bonds is 5. The van der Waals surface area contributed by atoms with Crippen LogP contribution in [0.2, 0.25) is 0 Å². The van der Waals surface area contributed by atoms with Crippen LogP contribution in [0.3, 0.4) is 0 Å². The summed E-state index contributed by atoms with van der Waals surface area (Å²) in [7, 11) is 0. The van der Waals surface area contributed by atoms with Crippen LogP contribution in [0.1, 0.15) is 38.1 Å². The average molecular weight is 329 g/mol. The van der Waals surface area contributed by atoms with E-state index in [0.29, 0.717) is 5.76 Å². The monoisotopic (exact) mass is 329 g/mol. The number of carbonyl (C=O) groups is 1. The van der Waals surface area contributed by atoms with Crippen LogP contribution < -0.4 is 0 Å². The molecule has 0 aliphatic rings. The second kappa shape index (κ2) is 7.97. The van der Waals surface area contributed by atoms with Gasteiger partial charge in [-0.05, 0) is 45.2 Å². The van der Waals surface area contributed by atoms with E-state index in [1.54, 1.807) is 16.2 Å². The highest BCUT2D eigenvalue weighted by Gasteiger charge is 2.23. The van der Waals surface area contributed by atoms with Crippen molar-refractivity contribution in [1.29, 1.82) is 0 Å². The molecule has 1 aromatic carbocycles. The molecule has 0 aliphatic heterocycles. The van der Waals surface area contributed by atoms with Gasteiger partial charge < -0.3 is 9.64 Å². The van der Waals surface area contributed by atoms with Gasteiger partial charge in [-0.25, -0.2) is 4.79 Å². The second-order valence-electron chi connectivity index (χ2n) is 5.85. The van der Waals surface area contributed by atoms with E-state index in [4.69, 9.17) is 4.74 Å². The maximum atomic E-state index is 12.6. The number of hydrogen-bond donors (Lipinski definition) is 0. The topological polar surface area (TPSA) is 29.5 Å². The molecule has 4 heteroatoms. The fourth-order valence-corrected chi connectivity index (χ4v) is 3.09. The van der Waals surface area contributed by atoms with Crippen molar-refractivity contribution in [3.63, 3.8) is 0 Å². The van der Waals surface area contributed by atoms with Gasteiger partial charge in [0.05, 0.1) is 0 Å². The van der Waals surface area contributed by atoms with Crippen LogP contribution in [-0.4, -0.2) is 23.1 Å².